The molecule has 4 rings (SSSR count). The van der Waals surface area contributed by atoms with Gasteiger partial charge in [-0.25, -0.2) is 4.39 Å². The lowest BCUT2D eigenvalue weighted by Gasteiger charge is -2.26. The topological polar surface area (TPSA) is 81.0 Å². The predicted octanol–water partition coefficient (Wildman–Crippen LogP) is 3.72. The van der Waals surface area contributed by atoms with Crippen LogP contribution in [0.15, 0.2) is 46.9 Å². The van der Waals surface area contributed by atoms with Crippen LogP contribution in [0.2, 0.25) is 5.02 Å². The lowest BCUT2D eigenvalue weighted by atomic mass is 10.2. The molecule has 1 aliphatic rings. The summed E-state index contributed by atoms with van der Waals surface area (Å²) in [6.07, 6.45) is 0. The van der Waals surface area contributed by atoms with E-state index in [0.29, 0.717) is 37.3 Å². The van der Waals surface area contributed by atoms with Gasteiger partial charge in [-0.05, 0) is 30.3 Å². The summed E-state index contributed by atoms with van der Waals surface area (Å²) < 4.78 is 29.6. The Morgan fingerprint density at radius 1 is 1.17 bits per heavy atom. The highest BCUT2D eigenvalue weighted by Gasteiger charge is 2.27. The maximum absolute atomic E-state index is 13.1. The molecule has 0 saturated carbocycles. The number of hydrogen-bond acceptors (Lipinski definition) is 5. The van der Waals surface area contributed by atoms with Crippen LogP contribution in [0.4, 0.5) is 10.1 Å². The third-order valence-electron chi connectivity index (χ3n) is 4.61. The number of fused-ring (bicyclic) bond motifs is 1. The van der Waals surface area contributed by atoms with Crippen LogP contribution in [-0.2, 0) is 9.53 Å². The van der Waals surface area contributed by atoms with E-state index in [4.69, 9.17) is 25.5 Å². The van der Waals surface area contributed by atoms with Crippen molar-refractivity contribution in [3.05, 3.63) is 59.1 Å². The molecule has 1 aliphatic heterocycles. The van der Waals surface area contributed by atoms with E-state index in [1.165, 1.54) is 12.1 Å². The molecular weight excluding hydrogens is 415 g/mol. The summed E-state index contributed by atoms with van der Waals surface area (Å²) in [4.78, 5) is 27.1. The molecule has 0 spiro atoms. The number of anilines is 1. The first kappa shape index (κ1) is 20.2. The van der Waals surface area contributed by atoms with Crippen molar-refractivity contribution in [1.29, 1.82) is 0 Å². The van der Waals surface area contributed by atoms with Crippen molar-refractivity contribution >= 4 is 40.1 Å². The first-order chi connectivity index (χ1) is 14.5. The number of para-hydroxylation sites is 1. The van der Waals surface area contributed by atoms with Crippen molar-refractivity contribution in [2.24, 2.45) is 0 Å². The third-order valence-corrected chi connectivity index (χ3v) is 4.90. The molecule has 0 aliphatic carbocycles. The second-order valence-electron chi connectivity index (χ2n) is 6.62. The Balaban J connectivity index is 1.54. The molecule has 2 heterocycles. The van der Waals surface area contributed by atoms with Gasteiger partial charge in [0.15, 0.2) is 6.61 Å². The molecule has 7 nitrogen and oxygen atoms in total. The molecule has 1 saturated heterocycles. The molecule has 2 amide bonds. The molecule has 30 heavy (non-hydrogen) atoms. The van der Waals surface area contributed by atoms with Gasteiger partial charge < -0.3 is 24.1 Å². The van der Waals surface area contributed by atoms with Crippen molar-refractivity contribution in [2.45, 2.75) is 0 Å². The number of furan rings is 1. The zero-order valence-corrected chi connectivity index (χ0v) is 16.6. The van der Waals surface area contributed by atoms with Crippen molar-refractivity contribution in [1.82, 2.24) is 4.90 Å². The number of benzene rings is 2. The van der Waals surface area contributed by atoms with E-state index in [2.05, 4.69) is 5.32 Å². The van der Waals surface area contributed by atoms with Gasteiger partial charge in [0.05, 0.1) is 18.2 Å². The SMILES string of the molecule is O=C(COc1ccc(F)cc1Cl)Nc1c(C(=O)N2CCOCC2)oc2ccccc12. The number of hydrogen-bond donors (Lipinski definition) is 1. The lowest BCUT2D eigenvalue weighted by Crippen LogP contribution is -2.40. The van der Waals surface area contributed by atoms with Crippen LogP contribution in [0.1, 0.15) is 10.6 Å². The first-order valence-electron chi connectivity index (χ1n) is 9.29. The second-order valence-corrected chi connectivity index (χ2v) is 7.03. The number of morpholine rings is 1. The molecule has 9 heteroatoms. The van der Waals surface area contributed by atoms with Crippen LogP contribution < -0.4 is 10.1 Å². The van der Waals surface area contributed by atoms with E-state index in [0.717, 1.165) is 6.07 Å². The molecular formula is C21H18ClFN2O5. The minimum atomic E-state index is -0.516. The Morgan fingerprint density at radius 3 is 2.70 bits per heavy atom. The highest BCUT2D eigenvalue weighted by Crippen LogP contribution is 2.32. The summed E-state index contributed by atoms with van der Waals surface area (Å²) in [6, 6.07) is 10.6. The Labute approximate surface area is 176 Å². The molecule has 2 aromatic carbocycles. The number of halogens is 2. The fourth-order valence-electron chi connectivity index (χ4n) is 3.14. The summed E-state index contributed by atoms with van der Waals surface area (Å²) in [5.74, 6) is -1.13. The van der Waals surface area contributed by atoms with Gasteiger partial charge in [0, 0.05) is 18.5 Å². The van der Waals surface area contributed by atoms with E-state index in [1.54, 1.807) is 29.2 Å². The average Bonchev–Trinajstić information content (AvgIpc) is 3.11. The quantitative estimate of drug-likeness (QED) is 0.664. The fraction of sp³-hybridized carbons (Fsp3) is 0.238. The molecule has 0 unspecified atom stereocenters. The maximum Gasteiger partial charge on any atom is 0.291 e. The molecule has 156 valence electrons. The number of nitrogens with one attached hydrogen (secondary N) is 1. The lowest BCUT2D eigenvalue weighted by molar-refractivity contribution is -0.118. The van der Waals surface area contributed by atoms with Gasteiger partial charge in [-0.1, -0.05) is 23.7 Å². The Morgan fingerprint density at radius 2 is 1.93 bits per heavy atom. The second kappa shape index (κ2) is 8.73. The van der Waals surface area contributed by atoms with Crippen molar-refractivity contribution < 1.29 is 27.9 Å². The van der Waals surface area contributed by atoms with Gasteiger partial charge in [0.2, 0.25) is 5.76 Å². The van der Waals surface area contributed by atoms with E-state index >= 15 is 0 Å². The standard InChI is InChI=1S/C21H18ClFN2O5/c22-15-11-13(23)5-6-17(15)29-12-18(26)24-19-14-3-1-2-4-16(14)30-20(19)21(27)25-7-9-28-10-8-25/h1-6,11H,7-10,12H2,(H,24,26). The number of rotatable bonds is 5. The van der Waals surface area contributed by atoms with Crippen LogP contribution in [0, 0.1) is 5.82 Å². The van der Waals surface area contributed by atoms with Crippen LogP contribution in [0.25, 0.3) is 11.0 Å². The predicted molar refractivity (Wildman–Crippen MR) is 108 cm³/mol. The van der Waals surface area contributed by atoms with Crippen molar-refractivity contribution in [3.63, 3.8) is 0 Å². The number of ether oxygens (including phenoxy) is 2. The Kier molecular flexibility index (Phi) is 5.87. The van der Waals surface area contributed by atoms with Gasteiger partial charge in [-0.15, -0.1) is 0 Å². The first-order valence-corrected chi connectivity index (χ1v) is 9.67. The van der Waals surface area contributed by atoms with Gasteiger partial charge in [0.25, 0.3) is 11.8 Å². The van der Waals surface area contributed by atoms with Gasteiger partial charge in [-0.2, -0.15) is 0 Å². The number of carbonyl (C=O) groups excluding carboxylic acids is 2. The number of nitrogens with zero attached hydrogens (tertiary/aromatic N) is 1. The van der Waals surface area contributed by atoms with Crippen LogP contribution in [0.5, 0.6) is 5.75 Å². The maximum atomic E-state index is 13.1. The fourth-order valence-corrected chi connectivity index (χ4v) is 3.36. The Hall–Kier alpha value is -3.10. The molecule has 1 fully saturated rings. The van der Waals surface area contributed by atoms with Crippen molar-refractivity contribution in [3.8, 4) is 5.75 Å². The van der Waals surface area contributed by atoms with Crippen molar-refractivity contribution in [2.75, 3.05) is 38.2 Å². The zero-order valence-electron chi connectivity index (χ0n) is 15.8. The van der Waals surface area contributed by atoms with Gasteiger partial charge in [0.1, 0.15) is 22.8 Å². The van der Waals surface area contributed by atoms with E-state index in [-0.39, 0.29) is 34.7 Å². The molecule has 0 bridgehead atoms. The molecule has 1 aromatic heterocycles. The molecule has 3 aromatic rings. The minimum absolute atomic E-state index is 0.0475. The van der Waals surface area contributed by atoms with E-state index in [1.807, 2.05) is 0 Å². The Bertz CT molecular complexity index is 1090. The normalized spacial score (nSPS) is 14.0. The van der Waals surface area contributed by atoms with E-state index < -0.39 is 11.7 Å². The minimum Gasteiger partial charge on any atom is -0.482 e. The zero-order chi connectivity index (χ0) is 21.1. The highest BCUT2D eigenvalue weighted by atomic mass is 35.5. The molecule has 1 N–H and O–H groups in total. The smallest absolute Gasteiger partial charge is 0.291 e. The van der Waals surface area contributed by atoms with Gasteiger partial charge >= 0.3 is 0 Å². The monoisotopic (exact) mass is 432 g/mol. The molecule has 0 radical (unpaired) electrons. The van der Waals surface area contributed by atoms with Crippen LogP contribution in [-0.4, -0.2) is 49.6 Å². The number of carbonyl (C=O) groups is 2. The summed E-state index contributed by atoms with van der Waals surface area (Å²) in [5, 5.41) is 3.36. The summed E-state index contributed by atoms with van der Waals surface area (Å²) in [7, 11) is 0. The highest BCUT2D eigenvalue weighted by molar-refractivity contribution is 6.32. The summed E-state index contributed by atoms with van der Waals surface area (Å²) in [5.41, 5.74) is 0.757. The average molecular weight is 433 g/mol. The summed E-state index contributed by atoms with van der Waals surface area (Å²) in [6.45, 7) is 1.39. The van der Waals surface area contributed by atoms with Crippen LogP contribution >= 0.6 is 11.6 Å². The number of amides is 2. The summed E-state index contributed by atoms with van der Waals surface area (Å²) >= 11 is 5.91. The largest absolute Gasteiger partial charge is 0.482 e. The van der Waals surface area contributed by atoms with E-state index in [9.17, 15) is 14.0 Å². The molecule has 0 atom stereocenters. The van der Waals surface area contributed by atoms with Crippen LogP contribution in [0.3, 0.4) is 0 Å². The third kappa shape index (κ3) is 4.24. The van der Waals surface area contributed by atoms with Gasteiger partial charge in [-0.3, -0.25) is 9.59 Å².